The normalized spacial score (nSPS) is 12.3. The second-order valence-corrected chi connectivity index (χ2v) is 9.18. The van der Waals surface area contributed by atoms with Gasteiger partial charge in [0.2, 0.25) is 15.9 Å². The first-order valence-corrected chi connectivity index (χ1v) is 11.5. The Balaban J connectivity index is 2.00. The quantitative estimate of drug-likeness (QED) is 0.607. The van der Waals surface area contributed by atoms with Crippen LogP contribution in [-0.4, -0.2) is 40.3 Å². The van der Waals surface area contributed by atoms with Gasteiger partial charge < -0.3 is 10.1 Å². The Kier molecular flexibility index (Phi) is 7.93. The van der Waals surface area contributed by atoms with Crippen molar-refractivity contribution in [2.24, 2.45) is 0 Å². The molecule has 8 heteroatoms. The van der Waals surface area contributed by atoms with E-state index in [1.54, 1.807) is 32.2 Å². The maximum Gasteiger partial charge on any atom is 0.243 e. The van der Waals surface area contributed by atoms with E-state index in [0.717, 1.165) is 40.3 Å². The fraction of sp³-hybridized carbons (Fsp3) is 0.381. The minimum absolute atomic E-state index is 0.363. The summed E-state index contributed by atoms with van der Waals surface area (Å²) in [4.78, 5) is 12.6. The standard InChI is InChI=1S/C21H27ClN2O4S/c1-15-10-11-18(14-20(15)22)24(29(4,26)27)16(2)21(25)23-12-6-8-17-7-5-9-19(13-17)28-3/h5,7,9-11,13-14,16H,6,8,12H2,1-4H3,(H,23,25). The Hall–Kier alpha value is -2.25. The number of ether oxygens (including phenoxy) is 1. The van der Waals surface area contributed by atoms with Crippen molar-refractivity contribution in [3.05, 3.63) is 58.6 Å². The summed E-state index contributed by atoms with van der Waals surface area (Å²) in [6.07, 6.45) is 2.57. The molecule has 0 saturated heterocycles. The third-order valence-electron chi connectivity index (χ3n) is 4.57. The van der Waals surface area contributed by atoms with E-state index in [1.807, 2.05) is 31.2 Å². The predicted octanol–water partition coefficient (Wildman–Crippen LogP) is 3.56. The molecule has 1 atom stereocenters. The zero-order valence-corrected chi connectivity index (χ0v) is 18.7. The van der Waals surface area contributed by atoms with Gasteiger partial charge >= 0.3 is 0 Å². The first kappa shape index (κ1) is 23.0. The molecule has 158 valence electrons. The van der Waals surface area contributed by atoms with Crippen LogP contribution in [0.2, 0.25) is 5.02 Å². The van der Waals surface area contributed by atoms with Gasteiger partial charge in [0.15, 0.2) is 0 Å². The second-order valence-electron chi connectivity index (χ2n) is 6.91. The molecule has 0 saturated carbocycles. The summed E-state index contributed by atoms with van der Waals surface area (Å²) in [6.45, 7) is 3.83. The largest absolute Gasteiger partial charge is 0.497 e. The van der Waals surface area contributed by atoms with Gasteiger partial charge in [0.25, 0.3) is 0 Å². The number of methoxy groups -OCH3 is 1. The number of sulfonamides is 1. The number of halogens is 1. The van der Waals surface area contributed by atoms with Crippen LogP contribution in [-0.2, 0) is 21.2 Å². The first-order valence-electron chi connectivity index (χ1n) is 9.29. The number of amides is 1. The zero-order chi connectivity index (χ0) is 21.6. The summed E-state index contributed by atoms with van der Waals surface area (Å²) >= 11 is 6.14. The lowest BCUT2D eigenvalue weighted by Gasteiger charge is -2.28. The van der Waals surface area contributed by atoms with Crippen molar-refractivity contribution >= 4 is 33.2 Å². The van der Waals surface area contributed by atoms with Crippen LogP contribution in [0.15, 0.2) is 42.5 Å². The number of benzene rings is 2. The zero-order valence-electron chi connectivity index (χ0n) is 17.1. The minimum atomic E-state index is -3.67. The van der Waals surface area contributed by atoms with Gasteiger partial charge in [-0.3, -0.25) is 9.10 Å². The number of nitrogens with one attached hydrogen (secondary N) is 1. The van der Waals surface area contributed by atoms with Crippen molar-refractivity contribution in [3.8, 4) is 5.75 Å². The monoisotopic (exact) mass is 438 g/mol. The molecule has 1 unspecified atom stereocenters. The molecular weight excluding hydrogens is 412 g/mol. The number of nitrogens with zero attached hydrogens (tertiary/aromatic N) is 1. The number of carbonyl (C=O) groups is 1. The lowest BCUT2D eigenvalue weighted by molar-refractivity contribution is -0.121. The SMILES string of the molecule is COc1cccc(CCCNC(=O)C(C)N(c2ccc(C)c(Cl)c2)S(C)(=O)=O)c1. The van der Waals surface area contributed by atoms with Crippen LogP contribution >= 0.6 is 11.6 Å². The molecular formula is C21H27ClN2O4S. The molecule has 2 aromatic rings. The van der Waals surface area contributed by atoms with E-state index in [2.05, 4.69) is 5.32 Å². The van der Waals surface area contributed by atoms with Crippen molar-refractivity contribution in [3.63, 3.8) is 0 Å². The van der Waals surface area contributed by atoms with Crippen molar-refractivity contribution in [1.29, 1.82) is 0 Å². The van der Waals surface area contributed by atoms with Gasteiger partial charge in [0, 0.05) is 11.6 Å². The van der Waals surface area contributed by atoms with E-state index in [9.17, 15) is 13.2 Å². The van der Waals surface area contributed by atoms with E-state index in [1.165, 1.54) is 0 Å². The van der Waals surface area contributed by atoms with E-state index >= 15 is 0 Å². The summed E-state index contributed by atoms with van der Waals surface area (Å²) in [6, 6.07) is 11.8. The van der Waals surface area contributed by atoms with Crippen molar-refractivity contribution < 1.29 is 17.9 Å². The molecule has 0 aliphatic heterocycles. The van der Waals surface area contributed by atoms with Crippen LogP contribution in [0.1, 0.15) is 24.5 Å². The third-order valence-corrected chi connectivity index (χ3v) is 6.22. The molecule has 6 nitrogen and oxygen atoms in total. The molecule has 0 spiro atoms. The van der Waals surface area contributed by atoms with Gasteiger partial charge in [-0.05, 0) is 62.1 Å². The molecule has 1 N–H and O–H groups in total. The maximum absolute atomic E-state index is 12.6. The Labute approximate surface area is 177 Å². The summed E-state index contributed by atoms with van der Waals surface area (Å²) in [7, 11) is -2.05. The lowest BCUT2D eigenvalue weighted by atomic mass is 10.1. The number of anilines is 1. The number of hydrogen-bond acceptors (Lipinski definition) is 4. The molecule has 2 rings (SSSR count). The lowest BCUT2D eigenvalue weighted by Crippen LogP contribution is -2.48. The van der Waals surface area contributed by atoms with Gasteiger partial charge in [-0.25, -0.2) is 8.42 Å². The van der Waals surface area contributed by atoms with Crippen molar-refractivity contribution in [2.75, 3.05) is 24.2 Å². The Morgan fingerprint density at radius 1 is 1.24 bits per heavy atom. The Bertz CT molecular complexity index is 963. The molecule has 2 aromatic carbocycles. The summed E-state index contributed by atoms with van der Waals surface area (Å²) in [5.41, 5.74) is 2.30. The Morgan fingerprint density at radius 2 is 1.97 bits per heavy atom. The van der Waals surface area contributed by atoms with Gasteiger partial charge in [0.1, 0.15) is 11.8 Å². The molecule has 0 radical (unpaired) electrons. The molecule has 0 aliphatic rings. The minimum Gasteiger partial charge on any atom is -0.497 e. The first-order chi connectivity index (χ1) is 13.6. The fourth-order valence-corrected chi connectivity index (χ4v) is 4.35. The topological polar surface area (TPSA) is 75.7 Å². The molecule has 0 aromatic heterocycles. The fourth-order valence-electron chi connectivity index (χ4n) is 3.01. The number of carbonyl (C=O) groups excluding carboxylic acids is 1. The molecule has 0 fully saturated rings. The molecule has 29 heavy (non-hydrogen) atoms. The van der Waals surface area contributed by atoms with Crippen LogP contribution in [0.5, 0.6) is 5.75 Å². The summed E-state index contributed by atoms with van der Waals surface area (Å²) in [5, 5.41) is 3.27. The molecule has 0 aliphatic carbocycles. The second kappa shape index (κ2) is 9.98. The van der Waals surface area contributed by atoms with Crippen LogP contribution < -0.4 is 14.4 Å². The van der Waals surface area contributed by atoms with Gasteiger partial charge in [-0.1, -0.05) is 29.8 Å². The van der Waals surface area contributed by atoms with E-state index in [-0.39, 0.29) is 5.91 Å². The molecule has 0 bridgehead atoms. The van der Waals surface area contributed by atoms with Crippen molar-refractivity contribution in [1.82, 2.24) is 5.32 Å². The Morgan fingerprint density at radius 3 is 2.59 bits per heavy atom. The van der Waals surface area contributed by atoms with Gasteiger partial charge in [-0.15, -0.1) is 0 Å². The average molecular weight is 439 g/mol. The van der Waals surface area contributed by atoms with Crippen LogP contribution in [0.4, 0.5) is 5.69 Å². The highest BCUT2D eigenvalue weighted by atomic mass is 35.5. The average Bonchev–Trinajstić information content (AvgIpc) is 2.67. The highest BCUT2D eigenvalue weighted by Crippen LogP contribution is 2.26. The molecule has 0 heterocycles. The summed E-state index contributed by atoms with van der Waals surface area (Å²) in [5.74, 6) is 0.429. The predicted molar refractivity (Wildman–Crippen MR) is 117 cm³/mol. The smallest absolute Gasteiger partial charge is 0.243 e. The number of aryl methyl sites for hydroxylation is 2. The van der Waals surface area contributed by atoms with Crippen LogP contribution in [0, 0.1) is 6.92 Å². The van der Waals surface area contributed by atoms with Gasteiger partial charge in [0.05, 0.1) is 19.1 Å². The molecule has 1 amide bonds. The van der Waals surface area contributed by atoms with E-state index < -0.39 is 16.1 Å². The van der Waals surface area contributed by atoms with Gasteiger partial charge in [-0.2, -0.15) is 0 Å². The van der Waals surface area contributed by atoms with Crippen molar-refractivity contribution in [2.45, 2.75) is 32.7 Å². The number of rotatable bonds is 9. The highest BCUT2D eigenvalue weighted by molar-refractivity contribution is 7.92. The van der Waals surface area contributed by atoms with E-state index in [0.29, 0.717) is 17.3 Å². The maximum atomic E-state index is 12.6. The summed E-state index contributed by atoms with van der Waals surface area (Å²) < 4.78 is 31.0. The van der Waals surface area contributed by atoms with E-state index in [4.69, 9.17) is 16.3 Å². The number of hydrogen-bond donors (Lipinski definition) is 1. The van der Waals surface area contributed by atoms with Crippen LogP contribution in [0.3, 0.4) is 0 Å². The highest BCUT2D eigenvalue weighted by Gasteiger charge is 2.29. The third kappa shape index (κ3) is 6.37. The van der Waals surface area contributed by atoms with Crippen LogP contribution in [0.25, 0.3) is 0 Å².